The van der Waals surface area contributed by atoms with E-state index in [1.54, 1.807) is 24.4 Å². The molecule has 0 aromatic carbocycles. The summed E-state index contributed by atoms with van der Waals surface area (Å²) in [5.74, 6) is 0.274. The molecule has 0 radical (unpaired) electrons. The molecule has 0 saturated carbocycles. The summed E-state index contributed by atoms with van der Waals surface area (Å²) in [4.78, 5) is 29.7. The molecule has 1 N–H and O–H groups in total. The van der Waals surface area contributed by atoms with Crippen LogP contribution in [-0.4, -0.2) is 35.8 Å². The third kappa shape index (κ3) is 6.13. The largest absolute Gasteiger partial charge is 0.354 e. The molecule has 1 unspecified atom stereocenters. The lowest BCUT2D eigenvalue weighted by atomic mass is 9.84. The van der Waals surface area contributed by atoms with Crippen LogP contribution in [0.3, 0.4) is 0 Å². The van der Waals surface area contributed by atoms with Crippen LogP contribution in [0.2, 0.25) is 0 Å². The Morgan fingerprint density at radius 2 is 2.05 bits per heavy atom. The van der Waals surface area contributed by atoms with Crippen molar-refractivity contribution < 1.29 is 9.59 Å². The highest BCUT2D eigenvalue weighted by Crippen LogP contribution is 2.26. The quantitative estimate of drug-likeness (QED) is 0.875. The van der Waals surface area contributed by atoms with E-state index >= 15 is 0 Å². The van der Waals surface area contributed by atoms with E-state index in [0.717, 1.165) is 11.4 Å². The van der Waals surface area contributed by atoms with Gasteiger partial charge in [-0.15, -0.1) is 11.3 Å². The first-order valence-electron chi connectivity index (χ1n) is 7.53. The number of nitrogens with one attached hydrogen (secondary N) is 1. The van der Waals surface area contributed by atoms with Gasteiger partial charge in [-0.3, -0.25) is 9.59 Å². The van der Waals surface area contributed by atoms with E-state index < -0.39 is 0 Å². The molecule has 0 aliphatic carbocycles. The van der Waals surface area contributed by atoms with Crippen molar-refractivity contribution >= 4 is 23.2 Å². The fraction of sp³-hybridized carbons (Fsp3) is 0.688. The molecule has 0 spiro atoms. The molecule has 0 bridgehead atoms. The van der Waals surface area contributed by atoms with E-state index in [4.69, 9.17) is 0 Å². The molecule has 2 amide bonds. The monoisotopic (exact) mass is 325 g/mol. The Balaban J connectivity index is 2.54. The second-order valence-electron chi connectivity index (χ2n) is 7.03. The highest BCUT2D eigenvalue weighted by Gasteiger charge is 2.20. The Labute approximate surface area is 137 Å². The van der Waals surface area contributed by atoms with Crippen LogP contribution in [0.25, 0.3) is 0 Å². The second kappa shape index (κ2) is 7.72. The van der Waals surface area contributed by atoms with Gasteiger partial charge in [0.05, 0.1) is 6.54 Å². The van der Waals surface area contributed by atoms with Gasteiger partial charge in [0.15, 0.2) is 0 Å². The first-order valence-corrected chi connectivity index (χ1v) is 8.41. The molecular formula is C16H27N3O2S. The van der Waals surface area contributed by atoms with E-state index in [1.807, 2.05) is 0 Å². The molecule has 1 atom stereocenters. The number of aromatic nitrogens is 1. The molecule has 124 valence electrons. The van der Waals surface area contributed by atoms with Crippen molar-refractivity contribution in [3.05, 3.63) is 16.1 Å². The minimum Gasteiger partial charge on any atom is -0.354 e. The summed E-state index contributed by atoms with van der Waals surface area (Å²) in [7, 11) is 3.36. The highest BCUT2D eigenvalue weighted by atomic mass is 32.1. The number of thiazole rings is 1. The Morgan fingerprint density at radius 3 is 2.59 bits per heavy atom. The standard InChI is InChI=1S/C16H27N3O2S/c1-11(8-16(2,3)4)7-14(20)19(6)9-13-18-12(10-22-13)15(21)17-5/h10-11H,7-9H2,1-6H3,(H,17,21). The van der Waals surface area contributed by atoms with Gasteiger partial charge in [-0.2, -0.15) is 0 Å². The molecule has 1 aromatic rings. The molecule has 0 saturated heterocycles. The molecular weight excluding hydrogens is 298 g/mol. The number of rotatable bonds is 6. The lowest BCUT2D eigenvalue weighted by Gasteiger charge is -2.24. The molecule has 22 heavy (non-hydrogen) atoms. The number of hydrogen-bond donors (Lipinski definition) is 1. The third-order valence-electron chi connectivity index (χ3n) is 3.29. The topological polar surface area (TPSA) is 62.3 Å². The van der Waals surface area contributed by atoms with Gasteiger partial charge in [0, 0.05) is 25.9 Å². The predicted octanol–water partition coefficient (Wildman–Crippen LogP) is 2.92. The van der Waals surface area contributed by atoms with Crippen LogP contribution in [0.15, 0.2) is 5.38 Å². The zero-order valence-electron chi connectivity index (χ0n) is 14.4. The Bertz CT molecular complexity index is 520. The number of amides is 2. The van der Waals surface area contributed by atoms with E-state index in [0.29, 0.717) is 24.6 Å². The molecule has 0 aliphatic heterocycles. The summed E-state index contributed by atoms with van der Waals surface area (Å²) < 4.78 is 0. The Hall–Kier alpha value is -1.43. The van der Waals surface area contributed by atoms with Crippen molar-refractivity contribution in [1.29, 1.82) is 0 Å². The first-order chi connectivity index (χ1) is 10.1. The van der Waals surface area contributed by atoms with E-state index in [1.165, 1.54) is 11.3 Å². The average molecular weight is 325 g/mol. The minimum atomic E-state index is -0.199. The molecule has 1 rings (SSSR count). The van der Waals surface area contributed by atoms with Crippen molar-refractivity contribution in [2.75, 3.05) is 14.1 Å². The van der Waals surface area contributed by atoms with Crippen LogP contribution in [0.1, 0.15) is 56.0 Å². The van der Waals surface area contributed by atoms with Gasteiger partial charge >= 0.3 is 0 Å². The highest BCUT2D eigenvalue weighted by molar-refractivity contribution is 7.09. The normalized spacial score (nSPS) is 12.8. The van der Waals surface area contributed by atoms with Gasteiger partial charge in [0.1, 0.15) is 10.7 Å². The number of nitrogens with zero attached hydrogens (tertiary/aromatic N) is 2. The maximum absolute atomic E-state index is 12.3. The van der Waals surface area contributed by atoms with Gasteiger partial charge < -0.3 is 10.2 Å². The lowest BCUT2D eigenvalue weighted by molar-refractivity contribution is -0.131. The van der Waals surface area contributed by atoms with Crippen LogP contribution < -0.4 is 5.32 Å². The van der Waals surface area contributed by atoms with Crippen molar-refractivity contribution in [2.24, 2.45) is 11.3 Å². The summed E-state index contributed by atoms with van der Waals surface area (Å²) >= 11 is 1.40. The van der Waals surface area contributed by atoms with Crippen molar-refractivity contribution in [3.8, 4) is 0 Å². The summed E-state index contributed by atoms with van der Waals surface area (Å²) in [6.07, 6.45) is 1.56. The number of hydrogen-bond acceptors (Lipinski definition) is 4. The number of carbonyl (C=O) groups is 2. The van der Waals surface area contributed by atoms with Crippen molar-refractivity contribution in [3.63, 3.8) is 0 Å². The SMILES string of the molecule is CNC(=O)c1csc(CN(C)C(=O)CC(C)CC(C)(C)C)n1. The van der Waals surface area contributed by atoms with Crippen LogP contribution in [0.5, 0.6) is 0 Å². The molecule has 6 heteroatoms. The smallest absolute Gasteiger partial charge is 0.270 e. The minimum absolute atomic E-state index is 0.119. The summed E-state index contributed by atoms with van der Waals surface area (Å²) in [6.45, 7) is 9.13. The molecule has 5 nitrogen and oxygen atoms in total. The van der Waals surface area contributed by atoms with E-state index in [2.05, 4.69) is 38.0 Å². The fourth-order valence-electron chi connectivity index (χ4n) is 2.48. The van der Waals surface area contributed by atoms with Gasteiger partial charge in [0.25, 0.3) is 5.91 Å². The van der Waals surface area contributed by atoms with E-state index in [-0.39, 0.29) is 17.2 Å². The molecule has 0 fully saturated rings. The van der Waals surface area contributed by atoms with Crippen LogP contribution in [0, 0.1) is 11.3 Å². The van der Waals surface area contributed by atoms with Crippen molar-refractivity contribution in [2.45, 2.75) is 47.1 Å². The van der Waals surface area contributed by atoms with Gasteiger partial charge in [-0.25, -0.2) is 4.98 Å². The summed E-state index contributed by atoms with van der Waals surface area (Å²) in [6, 6.07) is 0. The third-order valence-corrected chi connectivity index (χ3v) is 4.13. The van der Waals surface area contributed by atoms with Crippen LogP contribution in [0.4, 0.5) is 0 Å². The maximum atomic E-state index is 12.3. The Kier molecular flexibility index (Phi) is 6.53. The molecule has 1 aromatic heterocycles. The van der Waals surface area contributed by atoms with E-state index in [9.17, 15) is 9.59 Å². The zero-order valence-corrected chi connectivity index (χ0v) is 15.2. The molecule has 1 heterocycles. The van der Waals surface area contributed by atoms with Gasteiger partial charge in [-0.1, -0.05) is 27.7 Å². The zero-order chi connectivity index (χ0) is 16.9. The van der Waals surface area contributed by atoms with Crippen LogP contribution >= 0.6 is 11.3 Å². The maximum Gasteiger partial charge on any atom is 0.270 e. The van der Waals surface area contributed by atoms with Gasteiger partial charge in [-0.05, 0) is 17.8 Å². The lowest BCUT2D eigenvalue weighted by Crippen LogP contribution is -2.28. The summed E-state index contributed by atoms with van der Waals surface area (Å²) in [5, 5.41) is 5.04. The summed E-state index contributed by atoms with van der Waals surface area (Å²) in [5.41, 5.74) is 0.639. The fourth-order valence-corrected chi connectivity index (χ4v) is 3.31. The molecule has 0 aliphatic rings. The van der Waals surface area contributed by atoms with Gasteiger partial charge in [0.2, 0.25) is 5.91 Å². The Morgan fingerprint density at radius 1 is 1.41 bits per heavy atom. The predicted molar refractivity (Wildman–Crippen MR) is 89.8 cm³/mol. The average Bonchev–Trinajstić information content (AvgIpc) is 2.83. The van der Waals surface area contributed by atoms with Crippen molar-refractivity contribution in [1.82, 2.24) is 15.2 Å². The number of carbonyl (C=O) groups excluding carboxylic acids is 2. The van der Waals surface area contributed by atoms with Crippen LogP contribution in [-0.2, 0) is 11.3 Å². The first kappa shape index (κ1) is 18.6. The second-order valence-corrected chi connectivity index (χ2v) is 7.97.